The maximum Gasteiger partial charge on any atom is -0.00575 e. The number of allylic oxidation sites excluding steroid dienone is 1. The van der Waals surface area contributed by atoms with Gasteiger partial charge in [-0.3, -0.25) is 0 Å². The highest BCUT2D eigenvalue weighted by Gasteiger charge is 1.90. The van der Waals surface area contributed by atoms with Gasteiger partial charge in [-0.25, -0.2) is 0 Å². The van der Waals surface area contributed by atoms with E-state index in [1.54, 1.807) is 0 Å². The molecule has 0 aromatic carbocycles. The molecular weight excluding hydrogens is 123 g/mol. The van der Waals surface area contributed by atoms with Gasteiger partial charge in [0.15, 0.2) is 0 Å². The van der Waals surface area contributed by atoms with E-state index in [4.69, 9.17) is 0 Å². The second kappa shape index (κ2) is 4.67. The van der Waals surface area contributed by atoms with Gasteiger partial charge >= 0.3 is 0 Å². The molecule has 0 heterocycles. The maximum atomic E-state index is 3.65. The van der Waals surface area contributed by atoms with Crippen LogP contribution in [0.1, 0.15) is 0 Å². The van der Waals surface area contributed by atoms with E-state index in [-0.39, 0.29) is 7.12 Å². The van der Waals surface area contributed by atoms with Crippen molar-refractivity contribution in [1.82, 2.24) is 0 Å². The minimum absolute atomic E-state index is 0.220. The molecule has 0 aromatic rings. The summed E-state index contributed by atoms with van der Waals surface area (Å²) in [6, 6.07) is 0. The molecule has 0 fully saturated rings. The van der Waals surface area contributed by atoms with E-state index in [1.807, 2.05) is 17.5 Å². The van der Waals surface area contributed by atoms with Crippen molar-refractivity contribution in [1.29, 1.82) is 0 Å². The first kappa shape index (κ1) is 7.52. The smallest absolute Gasteiger partial charge is 0.00575 e. The van der Waals surface area contributed by atoms with E-state index in [9.17, 15) is 0 Å². The topological polar surface area (TPSA) is 0 Å². The molecule has 42 valence electrons. The lowest BCUT2D eigenvalue weighted by atomic mass is 10.8. The Morgan fingerprint density at radius 1 is 1.86 bits per heavy atom. The molecule has 1 unspecified atom stereocenters. The SMILES string of the molecule is C=CCP(C)SC. The van der Waals surface area contributed by atoms with Crippen molar-refractivity contribution in [2.45, 2.75) is 0 Å². The Hall–Kier alpha value is 0.520. The Morgan fingerprint density at radius 2 is 2.43 bits per heavy atom. The van der Waals surface area contributed by atoms with Gasteiger partial charge in [0, 0.05) is 0 Å². The normalized spacial score (nSPS) is 13.4. The van der Waals surface area contributed by atoms with Crippen molar-refractivity contribution in [2.24, 2.45) is 0 Å². The van der Waals surface area contributed by atoms with E-state index in [0.29, 0.717) is 0 Å². The van der Waals surface area contributed by atoms with Gasteiger partial charge in [-0.1, -0.05) is 6.08 Å². The predicted octanol–water partition coefficient (Wildman–Crippen LogP) is 2.56. The minimum atomic E-state index is 0.220. The molecule has 7 heavy (non-hydrogen) atoms. The highest BCUT2D eigenvalue weighted by Crippen LogP contribution is 2.43. The number of hydrogen-bond acceptors (Lipinski definition) is 1. The Balaban J connectivity index is 2.98. The van der Waals surface area contributed by atoms with Crippen LogP contribution in [-0.2, 0) is 0 Å². The lowest BCUT2D eigenvalue weighted by Crippen LogP contribution is -1.66. The first-order valence-electron chi connectivity index (χ1n) is 2.17. The zero-order valence-corrected chi connectivity index (χ0v) is 6.56. The molecule has 0 N–H and O–H groups in total. The summed E-state index contributed by atoms with van der Waals surface area (Å²) in [6.07, 6.45) is 5.33. The van der Waals surface area contributed by atoms with E-state index in [1.165, 1.54) is 6.16 Å². The van der Waals surface area contributed by atoms with E-state index >= 15 is 0 Å². The average Bonchev–Trinajstić information content (AvgIpc) is 1.68. The quantitative estimate of drug-likeness (QED) is 0.422. The van der Waals surface area contributed by atoms with Crippen LogP contribution in [0.4, 0.5) is 0 Å². The van der Waals surface area contributed by atoms with Gasteiger partial charge in [0.1, 0.15) is 0 Å². The Labute approximate surface area is 50.9 Å². The molecular formula is C5H11PS. The molecule has 2 heteroatoms. The summed E-state index contributed by atoms with van der Waals surface area (Å²) in [5.41, 5.74) is 0. The summed E-state index contributed by atoms with van der Waals surface area (Å²) in [6.45, 7) is 5.92. The van der Waals surface area contributed by atoms with E-state index < -0.39 is 0 Å². The van der Waals surface area contributed by atoms with Gasteiger partial charge in [0.2, 0.25) is 0 Å². The summed E-state index contributed by atoms with van der Waals surface area (Å²) in [7, 11) is 0.220. The van der Waals surface area contributed by atoms with E-state index in [0.717, 1.165) is 0 Å². The van der Waals surface area contributed by atoms with Crippen molar-refractivity contribution in [3.63, 3.8) is 0 Å². The second-order valence-electron chi connectivity index (χ2n) is 1.28. The van der Waals surface area contributed by atoms with Crippen molar-refractivity contribution in [2.75, 3.05) is 19.1 Å². The number of hydrogen-bond donors (Lipinski definition) is 0. The molecule has 0 rings (SSSR count). The Kier molecular flexibility index (Phi) is 5.02. The standard InChI is InChI=1S/C5H11PS/c1-4-5-6(2)7-3/h4H,1,5H2,2-3H3. The van der Waals surface area contributed by atoms with Crippen molar-refractivity contribution in [3.05, 3.63) is 12.7 Å². The summed E-state index contributed by atoms with van der Waals surface area (Å²) >= 11 is 1.94. The molecule has 0 radical (unpaired) electrons. The monoisotopic (exact) mass is 134 g/mol. The number of rotatable bonds is 3. The molecule has 0 aliphatic heterocycles. The van der Waals surface area contributed by atoms with Crippen molar-refractivity contribution < 1.29 is 0 Å². The molecule has 0 spiro atoms. The van der Waals surface area contributed by atoms with Crippen LogP contribution >= 0.6 is 18.5 Å². The van der Waals surface area contributed by atoms with Crippen molar-refractivity contribution >= 4 is 18.5 Å². The largest absolute Gasteiger partial charge is 0.138 e. The highest BCUT2D eigenvalue weighted by molar-refractivity contribution is 8.55. The fraction of sp³-hybridized carbons (Fsp3) is 0.600. The van der Waals surface area contributed by atoms with Crippen LogP contribution in [0.25, 0.3) is 0 Å². The molecule has 0 saturated heterocycles. The lowest BCUT2D eigenvalue weighted by Gasteiger charge is -2.00. The minimum Gasteiger partial charge on any atom is -0.138 e. The van der Waals surface area contributed by atoms with Gasteiger partial charge in [-0.05, 0) is 26.2 Å². The molecule has 0 saturated carbocycles. The molecule has 0 aromatic heterocycles. The van der Waals surface area contributed by atoms with Gasteiger partial charge in [-0.2, -0.15) is 0 Å². The third-order valence-corrected chi connectivity index (χ3v) is 4.41. The third-order valence-electron chi connectivity index (χ3n) is 0.698. The van der Waals surface area contributed by atoms with Gasteiger partial charge < -0.3 is 0 Å². The first-order chi connectivity index (χ1) is 3.31. The average molecular weight is 134 g/mol. The van der Waals surface area contributed by atoms with Gasteiger partial charge in [0.05, 0.1) is 0 Å². The van der Waals surface area contributed by atoms with Gasteiger partial charge in [-0.15, -0.1) is 18.0 Å². The van der Waals surface area contributed by atoms with Crippen molar-refractivity contribution in [3.8, 4) is 0 Å². The van der Waals surface area contributed by atoms with Crippen LogP contribution in [0.15, 0.2) is 12.7 Å². The summed E-state index contributed by atoms with van der Waals surface area (Å²) in [4.78, 5) is 0. The Bertz CT molecular complexity index is 54.0. The third kappa shape index (κ3) is 4.37. The zero-order chi connectivity index (χ0) is 5.70. The lowest BCUT2D eigenvalue weighted by molar-refractivity contribution is 1.79. The fourth-order valence-electron chi connectivity index (χ4n) is 0.256. The molecule has 0 aliphatic carbocycles. The van der Waals surface area contributed by atoms with Crippen LogP contribution in [-0.4, -0.2) is 19.1 Å². The zero-order valence-electron chi connectivity index (χ0n) is 4.85. The van der Waals surface area contributed by atoms with Gasteiger partial charge in [0.25, 0.3) is 0 Å². The summed E-state index contributed by atoms with van der Waals surface area (Å²) < 4.78 is 0. The second-order valence-corrected chi connectivity index (χ2v) is 6.23. The van der Waals surface area contributed by atoms with Crippen LogP contribution in [0.2, 0.25) is 0 Å². The molecule has 0 amide bonds. The molecule has 0 bridgehead atoms. The van der Waals surface area contributed by atoms with E-state index in [2.05, 4.69) is 19.5 Å². The van der Waals surface area contributed by atoms with Crippen LogP contribution < -0.4 is 0 Å². The fourth-order valence-corrected chi connectivity index (χ4v) is 1.53. The van der Waals surface area contributed by atoms with Crippen LogP contribution in [0, 0.1) is 0 Å². The van der Waals surface area contributed by atoms with Crippen LogP contribution in [0.3, 0.4) is 0 Å². The molecule has 1 atom stereocenters. The van der Waals surface area contributed by atoms with Crippen LogP contribution in [0.5, 0.6) is 0 Å². The highest BCUT2D eigenvalue weighted by atomic mass is 32.7. The summed E-state index contributed by atoms with van der Waals surface area (Å²) in [5.74, 6) is 0. The maximum absolute atomic E-state index is 3.65. The Morgan fingerprint density at radius 3 is 2.57 bits per heavy atom. The predicted molar refractivity (Wildman–Crippen MR) is 41.4 cm³/mol. The first-order valence-corrected chi connectivity index (χ1v) is 5.97. The summed E-state index contributed by atoms with van der Waals surface area (Å²) in [5, 5.41) is 0. The molecule has 0 aliphatic rings. The molecule has 0 nitrogen and oxygen atoms in total.